The summed E-state index contributed by atoms with van der Waals surface area (Å²) in [7, 11) is 1.91. The molecule has 0 aliphatic heterocycles. The van der Waals surface area contributed by atoms with Crippen LogP contribution in [0.5, 0.6) is 0 Å². The lowest BCUT2D eigenvalue weighted by Gasteiger charge is -2.16. The van der Waals surface area contributed by atoms with Crippen LogP contribution in [-0.4, -0.2) is 42.5 Å². The quantitative estimate of drug-likeness (QED) is 0.760. The van der Waals surface area contributed by atoms with Gasteiger partial charge < -0.3 is 10.6 Å². The topological polar surface area (TPSA) is 57.3 Å². The first-order valence-corrected chi connectivity index (χ1v) is 6.30. The van der Waals surface area contributed by atoms with Crippen molar-refractivity contribution in [2.45, 2.75) is 20.4 Å². The summed E-state index contributed by atoms with van der Waals surface area (Å²) in [6.45, 7) is 6.53. The maximum Gasteiger partial charge on any atom is 0.234 e. The lowest BCUT2D eigenvalue weighted by molar-refractivity contribution is -0.121. The van der Waals surface area contributed by atoms with Gasteiger partial charge in [0.05, 0.1) is 12.2 Å². The highest BCUT2D eigenvalue weighted by atomic mass is 16.1. The van der Waals surface area contributed by atoms with Gasteiger partial charge in [-0.2, -0.15) is 0 Å². The predicted molar refractivity (Wildman–Crippen MR) is 73.4 cm³/mol. The number of hydrogen-bond donors (Lipinski definition) is 2. The second kappa shape index (κ2) is 7.66. The standard InChI is InChI=1S/C13H22N4O/c1-4-14-12-8-6-7-11(16-12)9-17(3)10-13(18)15-5-2/h6-8H,4-5,9-10H2,1-3H3,(H,14,16)(H,15,18). The van der Waals surface area contributed by atoms with Crippen LogP contribution in [0.1, 0.15) is 19.5 Å². The summed E-state index contributed by atoms with van der Waals surface area (Å²) in [6, 6.07) is 5.88. The Balaban J connectivity index is 2.50. The van der Waals surface area contributed by atoms with Crippen LogP contribution in [0.2, 0.25) is 0 Å². The lowest BCUT2D eigenvalue weighted by atomic mass is 10.3. The molecule has 2 N–H and O–H groups in total. The highest BCUT2D eigenvalue weighted by Gasteiger charge is 2.07. The Morgan fingerprint density at radius 1 is 1.33 bits per heavy atom. The SMILES string of the molecule is CCNC(=O)CN(C)Cc1cccc(NCC)n1. The molecule has 1 rings (SSSR count). The van der Waals surface area contributed by atoms with E-state index < -0.39 is 0 Å². The molecular formula is C13H22N4O. The summed E-state index contributed by atoms with van der Waals surface area (Å²) in [5.41, 5.74) is 0.959. The smallest absolute Gasteiger partial charge is 0.234 e. The van der Waals surface area contributed by atoms with Crippen LogP contribution < -0.4 is 10.6 Å². The minimum absolute atomic E-state index is 0.0443. The first-order chi connectivity index (χ1) is 8.65. The van der Waals surface area contributed by atoms with E-state index in [2.05, 4.69) is 15.6 Å². The Kier molecular flexibility index (Phi) is 6.14. The first-order valence-electron chi connectivity index (χ1n) is 6.30. The second-order valence-corrected chi connectivity index (χ2v) is 4.17. The molecule has 0 aromatic carbocycles. The third kappa shape index (κ3) is 5.14. The summed E-state index contributed by atoms with van der Waals surface area (Å²) in [4.78, 5) is 17.8. The van der Waals surface area contributed by atoms with Crippen molar-refractivity contribution in [3.8, 4) is 0 Å². The summed E-state index contributed by atoms with van der Waals surface area (Å²) in [6.07, 6.45) is 0. The van der Waals surface area contributed by atoms with E-state index in [1.807, 2.05) is 44.0 Å². The van der Waals surface area contributed by atoms with Crippen molar-refractivity contribution in [1.29, 1.82) is 0 Å². The number of carbonyl (C=O) groups excluding carboxylic acids is 1. The Labute approximate surface area is 109 Å². The molecule has 5 nitrogen and oxygen atoms in total. The van der Waals surface area contributed by atoms with Crippen LogP contribution in [0.4, 0.5) is 5.82 Å². The molecule has 1 aromatic rings. The van der Waals surface area contributed by atoms with E-state index in [0.29, 0.717) is 19.6 Å². The molecule has 100 valence electrons. The molecule has 0 atom stereocenters. The average molecular weight is 250 g/mol. The van der Waals surface area contributed by atoms with Gasteiger partial charge in [0.2, 0.25) is 5.91 Å². The molecule has 1 amide bonds. The molecular weight excluding hydrogens is 228 g/mol. The highest BCUT2D eigenvalue weighted by Crippen LogP contribution is 2.06. The largest absolute Gasteiger partial charge is 0.370 e. The van der Waals surface area contributed by atoms with E-state index in [4.69, 9.17) is 0 Å². The van der Waals surface area contributed by atoms with Crippen LogP contribution in [0.15, 0.2) is 18.2 Å². The van der Waals surface area contributed by atoms with E-state index in [1.165, 1.54) is 0 Å². The minimum Gasteiger partial charge on any atom is -0.370 e. The molecule has 0 unspecified atom stereocenters. The molecule has 0 saturated carbocycles. The number of likely N-dealkylation sites (N-methyl/N-ethyl adjacent to an activating group) is 2. The van der Waals surface area contributed by atoms with Crippen molar-refractivity contribution in [3.05, 3.63) is 23.9 Å². The number of rotatable bonds is 7. The molecule has 0 aliphatic carbocycles. The number of pyridine rings is 1. The Hall–Kier alpha value is -1.62. The maximum atomic E-state index is 11.4. The van der Waals surface area contributed by atoms with Gasteiger partial charge in [0, 0.05) is 19.6 Å². The second-order valence-electron chi connectivity index (χ2n) is 4.17. The molecule has 0 aliphatic rings. The monoisotopic (exact) mass is 250 g/mol. The molecule has 1 heterocycles. The fourth-order valence-electron chi connectivity index (χ4n) is 1.68. The summed E-state index contributed by atoms with van der Waals surface area (Å²) < 4.78 is 0. The predicted octanol–water partition coefficient (Wildman–Crippen LogP) is 1.08. The lowest BCUT2D eigenvalue weighted by Crippen LogP contribution is -2.34. The van der Waals surface area contributed by atoms with Gasteiger partial charge in [0.25, 0.3) is 0 Å². The van der Waals surface area contributed by atoms with E-state index in [1.54, 1.807) is 0 Å². The summed E-state index contributed by atoms with van der Waals surface area (Å²) in [5.74, 6) is 0.921. The van der Waals surface area contributed by atoms with Gasteiger partial charge in [-0.25, -0.2) is 4.98 Å². The molecule has 0 radical (unpaired) electrons. The van der Waals surface area contributed by atoms with Crippen LogP contribution in [0.25, 0.3) is 0 Å². The Morgan fingerprint density at radius 2 is 2.11 bits per heavy atom. The zero-order valence-electron chi connectivity index (χ0n) is 11.4. The zero-order valence-corrected chi connectivity index (χ0v) is 11.4. The van der Waals surface area contributed by atoms with Crippen molar-refractivity contribution >= 4 is 11.7 Å². The van der Waals surface area contributed by atoms with E-state index >= 15 is 0 Å². The van der Waals surface area contributed by atoms with Gasteiger partial charge in [-0.3, -0.25) is 9.69 Å². The van der Waals surface area contributed by atoms with E-state index in [-0.39, 0.29) is 5.91 Å². The van der Waals surface area contributed by atoms with Gasteiger partial charge in [-0.15, -0.1) is 0 Å². The molecule has 0 spiro atoms. The maximum absolute atomic E-state index is 11.4. The number of nitrogens with zero attached hydrogens (tertiary/aromatic N) is 2. The first kappa shape index (κ1) is 14.4. The fraction of sp³-hybridized carbons (Fsp3) is 0.538. The van der Waals surface area contributed by atoms with Crippen molar-refractivity contribution in [1.82, 2.24) is 15.2 Å². The normalized spacial score (nSPS) is 10.4. The molecule has 0 saturated heterocycles. The number of nitrogens with one attached hydrogen (secondary N) is 2. The van der Waals surface area contributed by atoms with Crippen molar-refractivity contribution < 1.29 is 4.79 Å². The zero-order chi connectivity index (χ0) is 13.4. The molecule has 0 fully saturated rings. The average Bonchev–Trinajstić information content (AvgIpc) is 2.29. The minimum atomic E-state index is 0.0443. The molecule has 1 aromatic heterocycles. The third-order valence-electron chi connectivity index (χ3n) is 2.38. The van der Waals surface area contributed by atoms with Crippen molar-refractivity contribution in [2.24, 2.45) is 0 Å². The molecule has 18 heavy (non-hydrogen) atoms. The van der Waals surface area contributed by atoms with E-state index in [9.17, 15) is 4.79 Å². The number of amides is 1. The number of anilines is 1. The third-order valence-corrected chi connectivity index (χ3v) is 2.38. The van der Waals surface area contributed by atoms with Gasteiger partial charge in [0.15, 0.2) is 0 Å². The van der Waals surface area contributed by atoms with Gasteiger partial charge in [-0.1, -0.05) is 6.07 Å². The fourth-order valence-corrected chi connectivity index (χ4v) is 1.68. The molecule has 5 heteroatoms. The summed E-state index contributed by atoms with van der Waals surface area (Å²) >= 11 is 0. The van der Waals surface area contributed by atoms with Crippen LogP contribution in [0.3, 0.4) is 0 Å². The van der Waals surface area contributed by atoms with Crippen LogP contribution in [0, 0.1) is 0 Å². The Bertz CT molecular complexity index is 381. The molecule has 0 bridgehead atoms. The van der Waals surface area contributed by atoms with E-state index in [0.717, 1.165) is 18.1 Å². The highest BCUT2D eigenvalue weighted by molar-refractivity contribution is 5.77. The number of aromatic nitrogens is 1. The number of hydrogen-bond acceptors (Lipinski definition) is 4. The Morgan fingerprint density at radius 3 is 2.78 bits per heavy atom. The number of carbonyl (C=O) groups is 1. The van der Waals surface area contributed by atoms with Gasteiger partial charge in [0.1, 0.15) is 5.82 Å². The van der Waals surface area contributed by atoms with Gasteiger partial charge in [-0.05, 0) is 33.0 Å². The van der Waals surface area contributed by atoms with Crippen LogP contribution in [-0.2, 0) is 11.3 Å². The summed E-state index contributed by atoms with van der Waals surface area (Å²) in [5, 5.41) is 5.95. The van der Waals surface area contributed by atoms with Crippen molar-refractivity contribution in [3.63, 3.8) is 0 Å². The van der Waals surface area contributed by atoms with Crippen LogP contribution >= 0.6 is 0 Å². The van der Waals surface area contributed by atoms with Crippen molar-refractivity contribution in [2.75, 3.05) is 32.0 Å². The van der Waals surface area contributed by atoms with Gasteiger partial charge >= 0.3 is 0 Å².